The minimum atomic E-state index is 0.774. The fourth-order valence-corrected chi connectivity index (χ4v) is 4.50. The predicted octanol–water partition coefficient (Wildman–Crippen LogP) is 4.89. The van der Waals surface area contributed by atoms with E-state index in [9.17, 15) is 0 Å². The maximum Gasteiger partial charge on any atom is 0.323 e. The van der Waals surface area contributed by atoms with Crippen molar-refractivity contribution in [3.63, 3.8) is 0 Å². The molecule has 0 saturated heterocycles. The molecule has 23 heavy (non-hydrogen) atoms. The molecular formula is C19H18ClN2S+. The van der Waals surface area contributed by atoms with E-state index in [0.717, 1.165) is 11.6 Å². The van der Waals surface area contributed by atoms with Gasteiger partial charge in [0.1, 0.15) is 11.4 Å². The molecule has 0 unspecified atom stereocenters. The van der Waals surface area contributed by atoms with Gasteiger partial charge in [0, 0.05) is 23.3 Å². The summed E-state index contributed by atoms with van der Waals surface area (Å²) in [6, 6.07) is 18.8. The first-order valence-electron chi connectivity index (χ1n) is 7.85. The highest BCUT2D eigenvalue weighted by molar-refractivity contribution is 7.99. The molecule has 4 heteroatoms. The van der Waals surface area contributed by atoms with Crippen LogP contribution in [0.1, 0.15) is 12.1 Å². The summed E-state index contributed by atoms with van der Waals surface area (Å²) in [5.41, 5.74) is 5.00. The monoisotopic (exact) mass is 341 g/mol. The Kier molecular flexibility index (Phi) is 3.92. The Balaban J connectivity index is 2.01. The summed E-state index contributed by atoms with van der Waals surface area (Å²) in [5, 5.41) is 2.10. The maximum atomic E-state index is 6.08. The molecule has 0 atom stereocenters. The first-order valence-corrected chi connectivity index (χ1v) is 9.21. The molecule has 0 saturated carbocycles. The van der Waals surface area contributed by atoms with Crippen LogP contribution in [0, 0.1) is 6.92 Å². The van der Waals surface area contributed by atoms with Crippen molar-refractivity contribution in [2.45, 2.75) is 25.0 Å². The van der Waals surface area contributed by atoms with E-state index in [1.807, 2.05) is 23.9 Å². The maximum absolute atomic E-state index is 6.08. The van der Waals surface area contributed by atoms with Crippen LogP contribution in [0.4, 0.5) is 0 Å². The van der Waals surface area contributed by atoms with Crippen molar-refractivity contribution < 1.29 is 4.57 Å². The van der Waals surface area contributed by atoms with Gasteiger partial charge in [-0.3, -0.25) is 0 Å². The molecular weight excluding hydrogens is 324 g/mol. The van der Waals surface area contributed by atoms with E-state index in [2.05, 4.69) is 58.5 Å². The Bertz CT molecular complexity index is 838. The van der Waals surface area contributed by atoms with Crippen LogP contribution in [-0.2, 0) is 6.54 Å². The van der Waals surface area contributed by atoms with Gasteiger partial charge in [-0.2, -0.15) is 4.57 Å². The van der Waals surface area contributed by atoms with Gasteiger partial charge in [-0.15, -0.1) is 0 Å². The van der Waals surface area contributed by atoms with E-state index in [-0.39, 0.29) is 0 Å². The number of hydrogen-bond donors (Lipinski definition) is 0. The topological polar surface area (TPSA) is 8.81 Å². The summed E-state index contributed by atoms with van der Waals surface area (Å²) >= 11 is 8.02. The Hall–Kier alpha value is -1.71. The summed E-state index contributed by atoms with van der Waals surface area (Å²) in [6.45, 7) is 3.31. The lowest BCUT2D eigenvalue weighted by atomic mass is 10.1. The first kappa shape index (κ1) is 14.9. The number of halogens is 1. The molecule has 2 nitrogen and oxygen atoms in total. The zero-order valence-corrected chi connectivity index (χ0v) is 14.6. The number of benzene rings is 2. The summed E-state index contributed by atoms with van der Waals surface area (Å²) in [7, 11) is 0. The zero-order chi connectivity index (χ0) is 15.8. The Morgan fingerprint density at radius 2 is 1.78 bits per heavy atom. The van der Waals surface area contributed by atoms with Crippen molar-refractivity contribution in [1.82, 2.24) is 4.57 Å². The quantitative estimate of drug-likeness (QED) is 0.603. The normalized spacial score (nSPS) is 13.8. The average Bonchev–Trinajstić information content (AvgIpc) is 2.90. The van der Waals surface area contributed by atoms with Crippen molar-refractivity contribution in [3.8, 4) is 16.9 Å². The molecule has 116 valence electrons. The highest BCUT2D eigenvalue weighted by Gasteiger charge is 2.32. The third kappa shape index (κ3) is 2.58. The van der Waals surface area contributed by atoms with E-state index in [4.69, 9.17) is 11.6 Å². The first-order chi connectivity index (χ1) is 11.3. The second kappa shape index (κ2) is 6.06. The van der Waals surface area contributed by atoms with Crippen LogP contribution in [0.25, 0.3) is 16.9 Å². The van der Waals surface area contributed by atoms with Crippen LogP contribution in [0.15, 0.2) is 59.8 Å². The van der Waals surface area contributed by atoms with Gasteiger partial charge >= 0.3 is 5.16 Å². The SMILES string of the molecule is Cc1c(-c2ccc(Cl)cc2)n(-c2ccccc2)c2[n+]1CCCS2. The van der Waals surface area contributed by atoms with Crippen LogP contribution < -0.4 is 4.57 Å². The molecule has 4 rings (SSSR count). The van der Waals surface area contributed by atoms with Crippen molar-refractivity contribution in [2.24, 2.45) is 0 Å². The second-order valence-corrected chi connectivity index (χ2v) is 7.25. The number of rotatable bonds is 2. The third-order valence-electron chi connectivity index (χ3n) is 4.28. The Morgan fingerprint density at radius 3 is 2.52 bits per heavy atom. The lowest BCUT2D eigenvalue weighted by Gasteiger charge is -2.09. The molecule has 0 fully saturated rings. The molecule has 1 aliphatic heterocycles. The largest absolute Gasteiger partial charge is 0.323 e. The number of fused-ring (bicyclic) bond motifs is 1. The molecule has 0 bridgehead atoms. The molecule has 0 amide bonds. The molecule has 0 N–H and O–H groups in total. The van der Waals surface area contributed by atoms with Crippen molar-refractivity contribution in [1.29, 1.82) is 0 Å². The number of hydrogen-bond acceptors (Lipinski definition) is 1. The molecule has 0 spiro atoms. The highest BCUT2D eigenvalue weighted by atomic mass is 35.5. The lowest BCUT2D eigenvalue weighted by Crippen LogP contribution is -2.40. The van der Waals surface area contributed by atoms with Gasteiger partial charge in [-0.25, -0.2) is 4.57 Å². The molecule has 1 aromatic heterocycles. The average molecular weight is 342 g/mol. The fourth-order valence-electron chi connectivity index (χ4n) is 3.20. The minimum absolute atomic E-state index is 0.774. The van der Waals surface area contributed by atoms with Crippen LogP contribution >= 0.6 is 23.4 Å². The number of nitrogens with zero attached hydrogens (tertiary/aromatic N) is 2. The number of para-hydroxylation sites is 1. The summed E-state index contributed by atoms with van der Waals surface area (Å²) < 4.78 is 4.84. The van der Waals surface area contributed by atoms with E-state index in [1.165, 1.54) is 40.0 Å². The minimum Gasteiger partial charge on any atom is -0.221 e. The smallest absolute Gasteiger partial charge is 0.221 e. The third-order valence-corrected chi connectivity index (χ3v) is 5.69. The van der Waals surface area contributed by atoms with Gasteiger partial charge in [0.05, 0.1) is 6.54 Å². The molecule has 0 radical (unpaired) electrons. The Labute approximate surface area is 145 Å². The van der Waals surface area contributed by atoms with E-state index >= 15 is 0 Å². The van der Waals surface area contributed by atoms with Gasteiger partial charge in [0.25, 0.3) is 0 Å². The Morgan fingerprint density at radius 1 is 1.04 bits per heavy atom. The van der Waals surface area contributed by atoms with Crippen LogP contribution in [-0.4, -0.2) is 10.3 Å². The standard InChI is InChI=1S/C19H18ClN2S/c1-14-18(15-8-10-16(20)11-9-15)22(17-6-3-2-4-7-17)19-21(14)12-5-13-23-19/h2-4,6-11H,5,12-13H2,1H3/q+1. The van der Waals surface area contributed by atoms with Gasteiger partial charge < -0.3 is 0 Å². The second-order valence-electron chi connectivity index (χ2n) is 5.75. The highest BCUT2D eigenvalue weighted by Crippen LogP contribution is 2.34. The summed E-state index contributed by atoms with van der Waals surface area (Å²) in [5.74, 6) is 1.18. The van der Waals surface area contributed by atoms with E-state index in [0.29, 0.717) is 0 Å². The van der Waals surface area contributed by atoms with Crippen molar-refractivity contribution >= 4 is 23.4 Å². The van der Waals surface area contributed by atoms with E-state index in [1.54, 1.807) is 0 Å². The lowest BCUT2D eigenvalue weighted by molar-refractivity contribution is -0.739. The van der Waals surface area contributed by atoms with Gasteiger partial charge in [0.2, 0.25) is 0 Å². The number of thioether (sulfide) groups is 1. The predicted molar refractivity (Wildman–Crippen MR) is 96.5 cm³/mol. The summed E-state index contributed by atoms with van der Waals surface area (Å²) in [4.78, 5) is 0. The summed E-state index contributed by atoms with van der Waals surface area (Å²) in [6.07, 6.45) is 1.22. The van der Waals surface area contributed by atoms with Crippen LogP contribution in [0.3, 0.4) is 0 Å². The fraction of sp³-hybridized carbons (Fsp3) is 0.211. The molecule has 2 aromatic carbocycles. The van der Waals surface area contributed by atoms with Crippen molar-refractivity contribution in [3.05, 3.63) is 65.3 Å². The molecule has 2 heterocycles. The van der Waals surface area contributed by atoms with Crippen LogP contribution in [0.5, 0.6) is 0 Å². The molecule has 3 aromatic rings. The number of aromatic nitrogens is 2. The van der Waals surface area contributed by atoms with Gasteiger partial charge in [-0.05, 0) is 54.6 Å². The van der Waals surface area contributed by atoms with E-state index < -0.39 is 0 Å². The molecule has 0 aliphatic carbocycles. The van der Waals surface area contributed by atoms with Crippen molar-refractivity contribution in [2.75, 3.05) is 5.75 Å². The van der Waals surface area contributed by atoms with Gasteiger partial charge in [0.15, 0.2) is 5.69 Å². The van der Waals surface area contributed by atoms with Gasteiger partial charge in [-0.1, -0.05) is 29.8 Å². The molecule has 1 aliphatic rings. The van der Waals surface area contributed by atoms with Crippen LogP contribution in [0.2, 0.25) is 5.02 Å². The number of imidazole rings is 1. The zero-order valence-electron chi connectivity index (χ0n) is 13.0.